The van der Waals surface area contributed by atoms with Crippen LogP contribution in [0.4, 0.5) is 0 Å². The maximum atomic E-state index is 11.7. The van der Waals surface area contributed by atoms with Gasteiger partial charge in [-0.2, -0.15) is 0 Å². The monoisotopic (exact) mass is 461 g/mol. The molecule has 0 aromatic heterocycles. The molecule has 184 valence electrons. The number of rotatable bonds is 22. The van der Waals surface area contributed by atoms with Crippen LogP contribution in [0.3, 0.4) is 0 Å². The standard InChI is InChI=1S/C20H35N3O9/c21-3-5-27-7-9-29-11-13-31-15-16-32-14-12-30-10-8-28-6-4-22-18(24)17-23-19(25)1-2-20(23)26/h1-2H,3-17,21H2,(H,22,24). The van der Waals surface area contributed by atoms with Gasteiger partial charge < -0.3 is 39.5 Å². The number of hydrogen-bond acceptors (Lipinski definition) is 10. The Morgan fingerprint density at radius 2 is 1.06 bits per heavy atom. The number of ether oxygens (including phenoxy) is 6. The van der Waals surface area contributed by atoms with Crippen molar-refractivity contribution in [3.05, 3.63) is 12.2 Å². The van der Waals surface area contributed by atoms with E-state index in [1.165, 1.54) is 0 Å². The van der Waals surface area contributed by atoms with Gasteiger partial charge in [0.05, 0.1) is 79.3 Å². The minimum absolute atomic E-state index is 0.276. The highest BCUT2D eigenvalue weighted by molar-refractivity contribution is 6.14. The molecule has 12 nitrogen and oxygen atoms in total. The fourth-order valence-corrected chi connectivity index (χ4v) is 2.33. The largest absolute Gasteiger partial charge is 0.378 e. The fraction of sp³-hybridized carbons (Fsp3) is 0.750. The fourth-order valence-electron chi connectivity index (χ4n) is 2.33. The van der Waals surface area contributed by atoms with Crippen LogP contribution >= 0.6 is 0 Å². The summed E-state index contributed by atoms with van der Waals surface area (Å²) in [6.07, 6.45) is 2.28. The van der Waals surface area contributed by atoms with Crippen LogP contribution in [0.5, 0.6) is 0 Å². The molecule has 3 amide bonds. The van der Waals surface area contributed by atoms with Gasteiger partial charge in [0.15, 0.2) is 0 Å². The molecule has 1 rings (SSSR count). The third-order valence-corrected chi connectivity index (χ3v) is 3.89. The average Bonchev–Trinajstić information content (AvgIpc) is 3.09. The Balaban J connectivity index is 1.74. The predicted molar refractivity (Wildman–Crippen MR) is 113 cm³/mol. The SMILES string of the molecule is NCCOCCOCCOCCOCCOCCOCCNC(=O)CN1C(=O)C=CC1=O. The van der Waals surface area contributed by atoms with Crippen molar-refractivity contribution in [2.75, 3.05) is 98.9 Å². The van der Waals surface area contributed by atoms with Crippen molar-refractivity contribution in [3.63, 3.8) is 0 Å². The van der Waals surface area contributed by atoms with Crippen LogP contribution in [0.15, 0.2) is 12.2 Å². The van der Waals surface area contributed by atoms with E-state index in [-0.39, 0.29) is 13.1 Å². The molecule has 0 aromatic carbocycles. The summed E-state index contributed by atoms with van der Waals surface area (Å²) >= 11 is 0. The molecule has 12 heteroatoms. The minimum atomic E-state index is -0.485. The first-order valence-electron chi connectivity index (χ1n) is 10.6. The zero-order valence-electron chi connectivity index (χ0n) is 18.5. The summed E-state index contributed by atoms with van der Waals surface area (Å²) < 4.78 is 31.9. The van der Waals surface area contributed by atoms with E-state index >= 15 is 0 Å². The van der Waals surface area contributed by atoms with Crippen LogP contribution in [-0.2, 0) is 42.8 Å². The maximum Gasteiger partial charge on any atom is 0.254 e. The first kappa shape index (κ1) is 28.1. The molecule has 0 atom stereocenters. The number of nitrogens with one attached hydrogen (secondary N) is 1. The molecule has 0 bridgehead atoms. The summed E-state index contributed by atoms with van der Waals surface area (Å²) in [6, 6.07) is 0. The second kappa shape index (κ2) is 19.7. The second-order valence-electron chi connectivity index (χ2n) is 6.41. The first-order chi connectivity index (χ1) is 15.6. The van der Waals surface area contributed by atoms with E-state index in [2.05, 4.69) is 5.32 Å². The van der Waals surface area contributed by atoms with E-state index in [9.17, 15) is 14.4 Å². The topological polar surface area (TPSA) is 148 Å². The Morgan fingerprint density at radius 3 is 1.47 bits per heavy atom. The third kappa shape index (κ3) is 15.0. The van der Waals surface area contributed by atoms with Crippen LogP contribution in [0, 0.1) is 0 Å². The summed E-state index contributed by atoms with van der Waals surface area (Å²) in [4.78, 5) is 35.3. The van der Waals surface area contributed by atoms with Gasteiger partial charge in [0, 0.05) is 25.2 Å². The molecule has 0 radical (unpaired) electrons. The lowest BCUT2D eigenvalue weighted by Gasteiger charge is -2.13. The van der Waals surface area contributed by atoms with Gasteiger partial charge in [-0.15, -0.1) is 0 Å². The molecule has 0 aromatic rings. The highest BCUT2D eigenvalue weighted by atomic mass is 16.6. The van der Waals surface area contributed by atoms with Gasteiger partial charge in [-0.3, -0.25) is 19.3 Å². The molecule has 0 fully saturated rings. The van der Waals surface area contributed by atoms with Gasteiger partial charge in [-0.1, -0.05) is 0 Å². The molecular formula is C20H35N3O9. The van der Waals surface area contributed by atoms with Gasteiger partial charge in [0.1, 0.15) is 6.54 Å². The second-order valence-corrected chi connectivity index (χ2v) is 6.41. The molecule has 0 saturated heterocycles. The van der Waals surface area contributed by atoms with Crippen molar-refractivity contribution in [1.82, 2.24) is 10.2 Å². The Hall–Kier alpha value is -1.93. The normalized spacial score (nSPS) is 13.3. The average molecular weight is 462 g/mol. The van der Waals surface area contributed by atoms with Gasteiger partial charge in [-0.25, -0.2) is 0 Å². The number of imide groups is 1. The molecule has 3 N–H and O–H groups in total. The number of carbonyl (C=O) groups excluding carboxylic acids is 3. The molecule has 1 aliphatic rings. The molecule has 0 saturated carbocycles. The smallest absolute Gasteiger partial charge is 0.254 e. The van der Waals surface area contributed by atoms with E-state index in [1.807, 2.05) is 0 Å². The molecular weight excluding hydrogens is 426 g/mol. The number of amides is 3. The van der Waals surface area contributed by atoms with Crippen molar-refractivity contribution in [2.24, 2.45) is 5.73 Å². The van der Waals surface area contributed by atoms with E-state index in [0.29, 0.717) is 85.8 Å². The van der Waals surface area contributed by atoms with Gasteiger partial charge >= 0.3 is 0 Å². The molecule has 1 aliphatic heterocycles. The number of nitrogens with zero attached hydrogens (tertiary/aromatic N) is 1. The van der Waals surface area contributed by atoms with Crippen molar-refractivity contribution in [3.8, 4) is 0 Å². The summed E-state index contributed by atoms with van der Waals surface area (Å²) in [5.74, 6) is -1.39. The van der Waals surface area contributed by atoms with Gasteiger partial charge in [0.2, 0.25) is 5.91 Å². The Morgan fingerprint density at radius 1 is 0.688 bits per heavy atom. The maximum absolute atomic E-state index is 11.7. The van der Waals surface area contributed by atoms with E-state index in [4.69, 9.17) is 34.2 Å². The summed E-state index contributed by atoms with van der Waals surface area (Å²) in [5.41, 5.74) is 5.30. The first-order valence-corrected chi connectivity index (χ1v) is 10.6. The lowest BCUT2D eigenvalue weighted by Crippen LogP contribution is -2.41. The van der Waals surface area contributed by atoms with Crippen LogP contribution in [-0.4, -0.2) is 122 Å². The van der Waals surface area contributed by atoms with Crippen molar-refractivity contribution in [1.29, 1.82) is 0 Å². The summed E-state index contributed by atoms with van der Waals surface area (Å²) in [7, 11) is 0. The quantitative estimate of drug-likeness (QED) is 0.138. The predicted octanol–water partition coefficient (Wildman–Crippen LogP) is -1.91. The van der Waals surface area contributed by atoms with E-state index in [0.717, 1.165) is 17.1 Å². The van der Waals surface area contributed by atoms with Crippen molar-refractivity contribution in [2.45, 2.75) is 0 Å². The van der Waals surface area contributed by atoms with Crippen molar-refractivity contribution >= 4 is 17.7 Å². The summed E-state index contributed by atoms with van der Waals surface area (Å²) in [5, 5.41) is 2.58. The lowest BCUT2D eigenvalue weighted by molar-refractivity contribution is -0.141. The zero-order valence-corrected chi connectivity index (χ0v) is 18.5. The number of carbonyl (C=O) groups is 3. The number of hydrogen-bond donors (Lipinski definition) is 2. The van der Waals surface area contributed by atoms with E-state index < -0.39 is 17.7 Å². The third-order valence-electron chi connectivity index (χ3n) is 3.89. The van der Waals surface area contributed by atoms with Crippen LogP contribution in [0.25, 0.3) is 0 Å². The molecule has 0 unspecified atom stereocenters. The molecule has 1 heterocycles. The Bertz CT molecular complexity index is 542. The van der Waals surface area contributed by atoms with Gasteiger partial charge in [-0.05, 0) is 0 Å². The van der Waals surface area contributed by atoms with Crippen LogP contribution in [0.2, 0.25) is 0 Å². The molecule has 32 heavy (non-hydrogen) atoms. The zero-order chi connectivity index (χ0) is 23.3. The highest BCUT2D eigenvalue weighted by Crippen LogP contribution is 2.02. The van der Waals surface area contributed by atoms with Gasteiger partial charge in [0.25, 0.3) is 11.8 Å². The van der Waals surface area contributed by atoms with Crippen molar-refractivity contribution < 1.29 is 42.8 Å². The Kier molecular flexibility index (Phi) is 17.3. The van der Waals surface area contributed by atoms with E-state index in [1.54, 1.807) is 0 Å². The highest BCUT2D eigenvalue weighted by Gasteiger charge is 2.25. The molecule has 0 spiro atoms. The lowest BCUT2D eigenvalue weighted by atomic mass is 10.4. The Labute approximate surface area is 188 Å². The van der Waals surface area contributed by atoms with Crippen LogP contribution in [0.1, 0.15) is 0 Å². The molecule has 0 aliphatic carbocycles. The number of nitrogens with two attached hydrogens (primary N) is 1. The minimum Gasteiger partial charge on any atom is -0.378 e. The summed E-state index contributed by atoms with van der Waals surface area (Å²) in [6.45, 7) is 6.04. The van der Waals surface area contributed by atoms with Crippen LogP contribution < -0.4 is 11.1 Å².